The van der Waals surface area contributed by atoms with Gasteiger partial charge < -0.3 is 25.1 Å². The van der Waals surface area contributed by atoms with Crippen LogP contribution in [0.3, 0.4) is 0 Å². The lowest BCUT2D eigenvalue weighted by Crippen LogP contribution is -2.70. The molecule has 4 fully saturated rings. The first-order valence-electron chi connectivity index (χ1n) is 16.4. The number of aliphatic carboxylic acids is 1. The molecule has 11 atom stereocenters. The van der Waals surface area contributed by atoms with E-state index in [4.69, 9.17) is 19.9 Å². The molecule has 4 aliphatic carbocycles. The molecule has 0 aromatic carbocycles. The van der Waals surface area contributed by atoms with E-state index in [9.17, 15) is 9.90 Å². The van der Waals surface area contributed by atoms with E-state index in [0.717, 1.165) is 45.1 Å². The van der Waals surface area contributed by atoms with Crippen LogP contribution in [0.1, 0.15) is 101 Å². The molecule has 5 aliphatic rings. The van der Waals surface area contributed by atoms with Gasteiger partial charge in [-0.2, -0.15) is 0 Å². The van der Waals surface area contributed by atoms with E-state index in [1.807, 2.05) is 21.0 Å². The molecule has 41 heavy (non-hydrogen) atoms. The number of nitrogens with two attached hydrogens (primary N) is 1. The zero-order chi connectivity index (χ0) is 30.4. The summed E-state index contributed by atoms with van der Waals surface area (Å²) in [7, 11) is 1.83. The number of carboxylic acids is 1. The Morgan fingerprint density at radius 2 is 1.80 bits per heavy atom. The molecule has 3 saturated carbocycles. The second kappa shape index (κ2) is 10.0. The second-order valence-electron chi connectivity index (χ2n) is 17.0. The highest BCUT2D eigenvalue weighted by atomic mass is 16.5. The van der Waals surface area contributed by atoms with Crippen LogP contribution in [0.5, 0.6) is 0 Å². The molecule has 1 heterocycles. The molecule has 0 unspecified atom stereocenters. The average Bonchev–Trinajstić information content (AvgIpc) is 2.86. The van der Waals surface area contributed by atoms with Crippen LogP contribution in [-0.4, -0.2) is 55.8 Å². The Balaban J connectivity index is 1.57. The number of allylic oxidation sites excluding steroid dienone is 1. The highest BCUT2D eigenvalue weighted by molar-refractivity contribution is 5.73. The van der Waals surface area contributed by atoms with Crippen molar-refractivity contribution in [3.63, 3.8) is 0 Å². The Morgan fingerprint density at radius 1 is 1.12 bits per heavy atom. The van der Waals surface area contributed by atoms with Crippen LogP contribution in [0.15, 0.2) is 11.6 Å². The van der Waals surface area contributed by atoms with E-state index in [-0.39, 0.29) is 45.2 Å². The fourth-order valence-corrected chi connectivity index (χ4v) is 11.4. The summed E-state index contributed by atoms with van der Waals surface area (Å²) in [5, 5.41) is 10.9. The largest absolute Gasteiger partial charge is 0.481 e. The van der Waals surface area contributed by atoms with Crippen molar-refractivity contribution < 1.29 is 24.1 Å². The molecule has 6 nitrogen and oxygen atoms in total. The summed E-state index contributed by atoms with van der Waals surface area (Å²) in [6.45, 7) is 22.1. The minimum atomic E-state index is -0.606. The summed E-state index contributed by atoms with van der Waals surface area (Å²) in [5.41, 5.74) is 6.61. The van der Waals surface area contributed by atoms with Crippen molar-refractivity contribution in [3.8, 4) is 0 Å². The molecule has 0 radical (unpaired) electrons. The Bertz CT molecular complexity index is 1070. The third-order valence-electron chi connectivity index (χ3n) is 14.0. The number of carboxylic acid groups (broad SMARTS) is 1. The van der Waals surface area contributed by atoms with Crippen molar-refractivity contribution in [2.75, 3.05) is 26.9 Å². The van der Waals surface area contributed by atoms with Gasteiger partial charge in [0.25, 0.3) is 0 Å². The molecule has 0 aromatic rings. The minimum Gasteiger partial charge on any atom is -0.481 e. The predicted octanol–water partition coefficient (Wildman–Crippen LogP) is 6.71. The number of methoxy groups -OCH3 is 1. The minimum absolute atomic E-state index is 0.0310. The van der Waals surface area contributed by atoms with Gasteiger partial charge in [-0.1, -0.05) is 60.1 Å². The third-order valence-corrected chi connectivity index (χ3v) is 14.0. The van der Waals surface area contributed by atoms with Crippen molar-refractivity contribution >= 4 is 5.97 Å². The average molecular weight is 574 g/mol. The topological polar surface area (TPSA) is 91.0 Å². The van der Waals surface area contributed by atoms with Gasteiger partial charge in [0.2, 0.25) is 0 Å². The number of fused-ring (bicyclic) bond motifs is 3. The standard InChI is InChI=1S/C35H59NO5/c1-21(2)22(3)31(6)15-16-33(8)23-11-12-26-32(7)19-40-20-35(26,17-25(39-10)28(32)41-18-30(4,5)36)24(23)13-14-34(33,9)27(31)29(37)38/h13,21-23,25-28H,11-12,14-20,36H2,1-10H3,(H,37,38)/t22-,23+,25-,26+,27-,28+,31-,32-,33-,34+,35+/m1/s1. The normalized spacial score (nSPS) is 48.5. The van der Waals surface area contributed by atoms with Crippen LogP contribution in [0.25, 0.3) is 0 Å². The van der Waals surface area contributed by atoms with Gasteiger partial charge in [0, 0.05) is 23.5 Å². The molecule has 0 aromatic heterocycles. The Morgan fingerprint density at radius 3 is 2.39 bits per heavy atom. The van der Waals surface area contributed by atoms with Crippen molar-refractivity contribution in [3.05, 3.63) is 11.6 Å². The lowest BCUT2D eigenvalue weighted by molar-refractivity contribution is -0.268. The second-order valence-corrected chi connectivity index (χ2v) is 17.0. The van der Waals surface area contributed by atoms with Gasteiger partial charge in [-0.25, -0.2) is 0 Å². The van der Waals surface area contributed by atoms with Crippen LogP contribution >= 0.6 is 0 Å². The molecule has 3 N–H and O–H groups in total. The molecule has 234 valence electrons. The van der Waals surface area contributed by atoms with Crippen LogP contribution in [-0.2, 0) is 19.0 Å². The van der Waals surface area contributed by atoms with Gasteiger partial charge in [-0.05, 0) is 92.3 Å². The van der Waals surface area contributed by atoms with Gasteiger partial charge in [0.15, 0.2) is 0 Å². The zero-order valence-electron chi connectivity index (χ0n) is 27.6. The monoisotopic (exact) mass is 573 g/mol. The molecule has 1 saturated heterocycles. The van der Waals surface area contributed by atoms with Crippen molar-refractivity contribution in [2.45, 2.75) is 119 Å². The highest BCUT2D eigenvalue weighted by Crippen LogP contribution is 2.75. The van der Waals surface area contributed by atoms with E-state index in [2.05, 4.69) is 54.5 Å². The first-order valence-corrected chi connectivity index (χ1v) is 16.4. The van der Waals surface area contributed by atoms with Gasteiger partial charge in [-0.3, -0.25) is 4.79 Å². The molecule has 2 bridgehead atoms. The number of hydrogen-bond acceptors (Lipinski definition) is 5. The van der Waals surface area contributed by atoms with Crippen molar-refractivity contribution in [1.29, 1.82) is 0 Å². The Hall–Kier alpha value is -0.950. The molecular weight excluding hydrogens is 514 g/mol. The maximum Gasteiger partial charge on any atom is 0.307 e. The van der Waals surface area contributed by atoms with Crippen molar-refractivity contribution in [1.82, 2.24) is 0 Å². The molecule has 6 heteroatoms. The lowest BCUT2D eigenvalue weighted by atomic mass is 9.34. The van der Waals surface area contributed by atoms with E-state index in [0.29, 0.717) is 36.9 Å². The summed E-state index contributed by atoms with van der Waals surface area (Å²) in [4.78, 5) is 13.3. The van der Waals surface area contributed by atoms with Crippen LogP contribution in [0.4, 0.5) is 0 Å². The fourth-order valence-electron chi connectivity index (χ4n) is 11.4. The van der Waals surface area contributed by atoms with Crippen LogP contribution < -0.4 is 5.73 Å². The van der Waals surface area contributed by atoms with Crippen LogP contribution in [0.2, 0.25) is 0 Å². The number of ether oxygens (including phenoxy) is 3. The number of carbonyl (C=O) groups is 1. The summed E-state index contributed by atoms with van der Waals surface area (Å²) < 4.78 is 19.4. The fraction of sp³-hybridized carbons (Fsp3) is 0.914. The molecule has 0 amide bonds. The Kier molecular flexibility index (Phi) is 7.71. The number of rotatable bonds is 7. The van der Waals surface area contributed by atoms with E-state index in [1.165, 1.54) is 0 Å². The summed E-state index contributed by atoms with van der Waals surface area (Å²) in [5.74, 6) is 0.620. The Labute approximate surface area is 249 Å². The predicted molar refractivity (Wildman–Crippen MR) is 162 cm³/mol. The van der Waals surface area contributed by atoms with Gasteiger partial charge in [-0.15, -0.1) is 0 Å². The molecule has 5 rings (SSSR count). The van der Waals surface area contributed by atoms with Gasteiger partial charge >= 0.3 is 5.97 Å². The quantitative estimate of drug-likeness (QED) is 0.329. The van der Waals surface area contributed by atoms with E-state index < -0.39 is 11.5 Å². The van der Waals surface area contributed by atoms with Crippen LogP contribution in [0, 0.1) is 56.7 Å². The first kappa shape index (κ1) is 31.5. The van der Waals surface area contributed by atoms with Crippen molar-refractivity contribution in [2.24, 2.45) is 62.4 Å². The molecule has 0 spiro atoms. The summed E-state index contributed by atoms with van der Waals surface area (Å²) in [6.07, 6.45) is 8.38. The maximum atomic E-state index is 13.3. The summed E-state index contributed by atoms with van der Waals surface area (Å²) >= 11 is 0. The highest BCUT2D eigenvalue weighted by Gasteiger charge is 2.71. The molecule has 1 aliphatic heterocycles. The van der Waals surface area contributed by atoms with Gasteiger partial charge in [0.05, 0.1) is 37.9 Å². The maximum absolute atomic E-state index is 13.3. The number of hydrogen-bond donors (Lipinski definition) is 2. The smallest absolute Gasteiger partial charge is 0.307 e. The SMILES string of the molecule is CO[C@@H]1C[C@@]23COC[C@](C)([C@@H]2CC[C@H]2C3=CC[C@@]3(C)[C@H](C(=O)O)[C@@](C)([C@H](C)C(C)C)CC[C@]23C)[C@H]1OCC(C)(C)N. The molecular formula is C35H59NO5. The zero-order valence-corrected chi connectivity index (χ0v) is 27.6. The van der Waals surface area contributed by atoms with E-state index in [1.54, 1.807) is 5.57 Å². The third kappa shape index (κ3) is 4.35. The summed E-state index contributed by atoms with van der Waals surface area (Å²) in [6, 6.07) is 0. The van der Waals surface area contributed by atoms with Gasteiger partial charge in [0.1, 0.15) is 0 Å². The first-order chi connectivity index (χ1) is 18.9. The lowest BCUT2D eigenvalue weighted by Gasteiger charge is -2.71. The van der Waals surface area contributed by atoms with E-state index >= 15 is 0 Å².